The lowest BCUT2D eigenvalue weighted by molar-refractivity contribution is -0.145. The topological polar surface area (TPSA) is 73.9 Å². The van der Waals surface area contributed by atoms with Crippen LogP contribution in [0.25, 0.3) is 0 Å². The molecule has 0 aromatic heterocycles. The molecular formula is C35H41F7NO5P. The lowest BCUT2D eigenvalue weighted by Gasteiger charge is -2.25. The van der Waals surface area contributed by atoms with Crippen molar-refractivity contribution in [1.82, 2.24) is 5.09 Å². The molecule has 0 spiro atoms. The van der Waals surface area contributed by atoms with Gasteiger partial charge >= 0.3 is 13.7 Å². The van der Waals surface area contributed by atoms with Crippen LogP contribution in [0, 0.1) is 40.7 Å². The van der Waals surface area contributed by atoms with Gasteiger partial charge in [0.15, 0.2) is 0 Å². The Balaban J connectivity index is 1.73. The van der Waals surface area contributed by atoms with E-state index in [1.807, 2.05) is 0 Å². The van der Waals surface area contributed by atoms with Crippen molar-refractivity contribution in [1.29, 1.82) is 0 Å². The van der Waals surface area contributed by atoms with E-state index < -0.39 is 72.6 Å². The number of nitrogens with one attached hydrogen (secondary N) is 1. The summed E-state index contributed by atoms with van der Waals surface area (Å²) in [5, 5.41) is 2.14. The number of hydrogen-bond donors (Lipinski definition) is 1. The standard InChI is InChI=1S/C35H41F7NO5P/c1-2-3-4-5-6-7-8-9-10-11-12-16-19-46-35(44)28(22-24-20-25(36)23-26(37)21-24)43-49(45,47-27-17-14-13-15-18-27)48-34-32(41)30(39)29(38)31(40)33(34)42/h13-15,17-18,20-21,23,28H,2-12,16,19,22H2,1H3,(H,43,45)/t28-,49-/m0/s1. The summed E-state index contributed by atoms with van der Waals surface area (Å²) >= 11 is 0. The van der Waals surface area contributed by atoms with Crippen molar-refractivity contribution in [2.45, 2.75) is 96.4 Å². The van der Waals surface area contributed by atoms with E-state index in [-0.39, 0.29) is 17.9 Å². The van der Waals surface area contributed by atoms with Gasteiger partial charge in [0.25, 0.3) is 0 Å². The monoisotopic (exact) mass is 719 g/mol. The highest BCUT2D eigenvalue weighted by molar-refractivity contribution is 7.52. The summed E-state index contributed by atoms with van der Waals surface area (Å²) in [6.45, 7) is 2.09. The van der Waals surface area contributed by atoms with E-state index in [1.54, 1.807) is 0 Å². The third kappa shape index (κ3) is 13.0. The third-order valence-corrected chi connectivity index (χ3v) is 9.05. The highest BCUT2D eigenvalue weighted by atomic mass is 31.2. The normalized spacial score (nSPS) is 13.1. The van der Waals surface area contributed by atoms with E-state index in [0.29, 0.717) is 12.5 Å². The van der Waals surface area contributed by atoms with Crippen LogP contribution in [-0.2, 0) is 20.5 Å². The van der Waals surface area contributed by atoms with Crippen LogP contribution in [0.15, 0.2) is 48.5 Å². The Morgan fingerprint density at radius 3 is 1.69 bits per heavy atom. The fourth-order valence-corrected chi connectivity index (χ4v) is 6.55. The molecular weight excluding hydrogens is 678 g/mol. The van der Waals surface area contributed by atoms with Crippen LogP contribution in [0.4, 0.5) is 30.7 Å². The first-order valence-corrected chi connectivity index (χ1v) is 17.9. The molecule has 6 nitrogen and oxygen atoms in total. The Morgan fingerprint density at radius 1 is 0.673 bits per heavy atom. The average molecular weight is 720 g/mol. The first-order valence-electron chi connectivity index (χ1n) is 16.4. The van der Waals surface area contributed by atoms with Gasteiger partial charge in [0.05, 0.1) is 6.61 Å². The maximum atomic E-state index is 14.6. The van der Waals surface area contributed by atoms with Gasteiger partial charge in [0.2, 0.25) is 34.8 Å². The van der Waals surface area contributed by atoms with Gasteiger partial charge in [-0.15, -0.1) is 0 Å². The van der Waals surface area contributed by atoms with Crippen molar-refractivity contribution in [3.05, 3.63) is 94.8 Å². The summed E-state index contributed by atoms with van der Waals surface area (Å²) in [6.07, 6.45) is 12.1. The number of ether oxygens (including phenoxy) is 1. The SMILES string of the molecule is CCCCCCCCCCCCCCOC(=O)[C@H](Cc1cc(F)cc(F)c1)N[P@](=O)(Oc1ccccc1)Oc1c(F)c(F)c(F)c(F)c1F. The molecule has 0 unspecified atom stereocenters. The quantitative estimate of drug-likeness (QED) is 0.0278. The maximum Gasteiger partial charge on any atom is 0.513 e. The van der Waals surface area contributed by atoms with Gasteiger partial charge in [-0.2, -0.15) is 13.9 Å². The van der Waals surface area contributed by atoms with Crippen LogP contribution < -0.4 is 14.1 Å². The van der Waals surface area contributed by atoms with E-state index in [2.05, 4.69) is 12.0 Å². The number of benzene rings is 3. The van der Waals surface area contributed by atoms with Crippen LogP contribution in [-0.4, -0.2) is 18.6 Å². The molecule has 0 saturated carbocycles. The summed E-state index contributed by atoms with van der Waals surface area (Å²) in [4.78, 5) is 13.3. The Kier molecular flexibility index (Phi) is 16.4. The molecule has 0 heterocycles. The van der Waals surface area contributed by atoms with Crippen molar-refractivity contribution in [3.63, 3.8) is 0 Å². The maximum absolute atomic E-state index is 14.6. The lowest BCUT2D eigenvalue weighted by atomic mass is 10.1. The molecule has 3 aromatic rings. The zero-order valence-corrected chi connectivity index (χ0v) is 28.1. The lowest BCUT2D eigenvalue weighted by Crippen LogP contribution is -2.40. The van der Waals surface area contributed by atoms with E-state index in [4.69, 9.17) is 13.8 Å². The third-order valence-electron chi connectivity index (χ3n) is 7.55. The number of esters is 1. The minimum Gasteiger partial charge on any atom is -0.465 e. The summed E-state index contributed by atoms with van der Waals surface area (Å²) in [7, 11) is -5.29. The fraction of sp³-hybridized carbons (Fsp3) is 0.457. The van der Waals surface area contributed by atoms with Crippen LogP contribution in [0.3, 0.4) is 0 Å². The molecule has 3 rings (SSSR count). The summed E-state index contributed by atoms with van der Waals surface area (Å²) in [5.41, 5.74) is -0.125. The van der Waals surface area contributed by atoms with Crippen LogP contribution >= 0.6 is 7.75 Å². The van der Waals surface area contributed by atoms with Crippen molar-refractivity contribution in [3.8, 4) is 11.5 Å². The van der Waals surface area contributed by atoms with Gasteiger partial charge in [-0.05, 0) is 42.7 Å². The number of carbonyl (C=O) groups excluding carboxylic acids is 1. The van der Waals surface area contributed by atoms with E-state index in [9.17, 15) is 40.1 Å². The molecule has 0 bridgehead atoms. The minimum atomic E-state index is -5.29. The Hall–Kier alpha value is -3.57. The van der Waals surface area contributed by atoms with Crippen molar-refractivity contribution >= 4 is 13.7 Å². The number of unbranched alkanes of at least 4 members (excludes halogenated alkanes) is 11. The zero-order chi connectivity index (χ0) is 35.8. The molecule has 1 N–H and O–H groups in total. The predicted molar refractivity (Wildman–Crippen MR) is 171 cm³/mol. The largest absolute Gasteiger partial charge is 0.513 e. The number of rotatable bonds is 22. The zero-order valence-electron chi connectivity index (χ0n) is 27.2. The highest BCUT2D eigenvalue weighted by Crippen LogP contribution is 2.48. The molecule has 2 atom stereocenters. The molecule has 0 fully saturated rings. The van der Waals surface area contributed by atoms with Crippen molar-refractivity contribution in [2.24, 2.45) is 0 Å². The van der Waals surface area contributed by atoms with Crippen molar-refractivity contribution in [2.75, 3.05) is 6.61 Å². The van der Waals surface area contributed by atoms with Gasteiger partial charge in [-0.1, -0.05) is 95.8 Å². The van der Waals surface area contributed by atoms with Crippen LogP contribution in [0.2, 0.25) is 0 Å². The van der Waals surface area contributed by atoms with E-state index in [1.165, 1.54) is 68.9 Å². The number of para-hydroxylation sites is 1. The van der Waals surface area contributed by atoms with Crippen LogP contribution in [0.1, 0.15) is 89.5 Å². The molecule has 0 aliphatic rings. The second kappa shape index (κ2) is 20.2. The molecule has 49 heavy (non-hydrogen) atoms. The number of halogens is 7. The Labute approximate surface area is 281 Å². The van der Waals surface area contributed by atoms with Gasteiger partial charge in [0.1, 0.15) is 23.4 Å². The smallest absolute Gasteiger partial charge is 0.465 e. The molecule has 0 saturated heterocycles. The second-order valence-corrected chi connectivity index (χ2v) is 13.2. The van der Waals surface area contributed by atoms with E-state index >= 15 is 0 Å². The predicted octanol–water partition coefficient (Wildman–Crippen LogP) is 10.7. The Bertz CT molecular complexity index is 1500. The summed E-state index contributed by atoms with van der Waals surface area (Å²) in [5.74, 6) is -17.4. The molecule has 0 aliphatic heterocycles. The van der Waals surface area contributed by atoms with Gasteiger partial charge in [-0.3, -0.25) is 4.79 Å². The van der Waals surface area contributed by atoms with Gasteiger partial charge in [-0.25, -0.2) is 26.5 Å². The van der Waals surface area contributed by atoms with E-state index in [0.717, 1.165) is 44.2 Å². The van der Waals surface area contributed by atoms with Crippen LogP contribution in [0.5, 0.6) is 11.5 Å². The summed E-state index contributed by atoms with van der Waals surface area (Å²) in [6, 6.07) is 7.36. The molecule has 0 amide bonds. The number of carbonyl (C=O) groups is 1. The Morgan fingerprint density at radius 2 is 1.16 bits per heavy atom. The number of hydrogen-bond acceptors (Lipinski definition) is 5. The fourth-order valence-electron chi connectivity index (χ4n) is 5.03. The molecule has 0 aliphatic carbocycles. The molecule has 270 valence electrons. The summed E-state index contributed by atoms with van der Waals surface area (Å²) < 4.78 is 128. The van der Waals surface area contributed by atoms with Crippen molar-refractivity contribution < 1.29 is 53.9 Å². The first kappa shape index (κ1) is 39.9. The van der Waals surface area contributed by atoms with Gasteiger partial charge < -0.3 is 13.8 Å². The molecule has 0 radical (unpaired) electrons. The minimum absolute atomic E-state index is 0.0890. The average Bonchev–Trinajstić information content (AvgIpc) is 3.06. The van der Waals surface area contributed by atoms with Gasteiger partial charge in [0, 0.05) is 6.07 Å². The highest BCUT2D eigenvalue weighted by Gasteiger charge is 2.39. The second-order valence-electron chi connectivity index (χ2n) is 11.6. The molecule has 3 aromatic carbocycles. The molecule has 14 heteroatoms. The first-order chi connectivity index (χ1) is 23.4.